The van der Waals surface area contributed by atoms with Gasteiger partial charge in [-0.3, -0.25) is 19.8 Å². The van der Waals surface area contributed by atoms with Crippen molar-refractivity contribution in [2.75, 3.05) is 0 Å². The molecule has 2 amide bonds. The van der Waals surface area contributed by atoms with Crippen molar-refractivity contribution in [2.24, 2.45) is 17.7 Å². The molecule has 0 radical (unpaired) electrons. The lowest BCUT2D eigenvalue weighted by molar-refractivity contribution is -0.140. The average Bonchev–Trinajstić information content (AvgIpc) is 2.45. The number of carbonyl (C=O) groups excluding carboxylic acids is 3. The van der Waals surface area contributed by atoms with Crippen LogP contribution >= 0.6 is 12.4 Å². The van der Waals surface area contributed by atoms with E-state index in [2.05, 4.69) is 5.32 Å². The monoisotopic (exact) mass is 319 g/mol. The second-order valence-electron chi connectivity index (χ2n) is 5.86. The smallest absolute Gasteiger partial charge is 0.303 e. The van der Waals surface area contributed by atoms with Crippen LogP contribution in [0.3, 0.4) is 0 Å². The van der Waals surface area contributed by atoms with E-state index in [9.17, 15) is 14.4 Å². The number of hydrogen-bond acceptors (Lipinski definition) is 4. The Kier molecular flexibility index (Phi) is 9.21. The molecule has 4 N–H and O–H groups in total. The largest absolute Gasteiger partial charge is 0.345 e. The highest BCUT2D eigenvalue weighted by atomic mass is 35.5. The molecule has 1 saturated carbocycles. The highest BCUT2D eigenvalue weighted by molar-refractivity contribution is 6.38. The van der Waals surface area contributed by atoms with Crippen molar-refractivity contribution in [3.63, 3.8) is 0 Å². The number of carbonyl (C=O) groups is 3. The fourth-order valence-electron chi connectivity index (χ4n) is 2.59. The average molecular weight is 320 g/mol. The second kappa shape index (κ2) is 9.73. The van der Waals surface area contributed by atoms with Gasteiger partial charge in [-0.2, -0.15) is 0 Å². The number of ketones is 1. The Morgan fingerprint density at radius 1 is 1.14 bits per heavy atom. The zero-order valence-electron chi connectivity index (χ0n) is 12.7. The first kappa shape index (κ1) is 19.9. The molecule has 0 spiro atoms. The molecule has 1 aliphatic rings. The van der Waals surface area contributed by atoms with E-state index >= 15 is 0 Å². The van der Waals surface area contributed by atoms with Crippen molar-refractivity contribution >= 4 is 30.0 Å². The molecule has 1 fully saturated rings. The molecule has 0 saturated heterocycles. The van der Waals surface area contributed by atoms with Crippen molar-refractivity contribution in [2.45, 2.75) is 58.4 Å². The number of Topliss-reactive ketones (excluding diaryl/α,β-unsaturated/α-hetero) is 1. The van der Waals surface area contributed by atoms with Gasteiger partial charge in [0.2, 0.25) is 11.7 Å². The predicted molar refractivity (Wildman–Crippen MR) is 82.5 cm³/mol. The van der Waals surface area contributed by atoms with E-state index in [0.717, 1.165) is 32.1 Å². The van der Waals surface area contributed by atoms with Gasteiger partial charge < -0.3 is 5.32 Å². The number of hydrogen-bond donors (Lipinski definition) is 3. The first-order valence-corrected chi connectivity index (χ1v) is 7.30. The van der Waals surface area contributed by atoms with Crippen LogP contribution in [0.4, 0.5) is 0 Å². The minimum atomic E-state index is -0.861. The van der Waals surface area contributed by atoms with E-state index in [0.29, 0.717) is 6.42 Å². The number of hydrazine groups is 1. The number of nitrogens with one attached hydrogen (secondary N) is 2. The van der Waals surface area contributed by atoms with Crippen LogP contribution in [-0.4, -0.2) is 23.6 Å². The molecule has 122 valence electrons. The van der Waals surface area contributed by atoms with Gasteiger partial charge >= 0.3 is 5.91 Å². The molecule has 1 unspecified atom stereocenters. The van der Waals surface area contributed by atoms with Gasteiger partial charge in [0.25, 0.3) is 0 Å². The maximum Gasteiger partial charge on any atom is 0.303 e. The lowest BCUT2D eigenvalue weighted by Gasteiger charge is -2.24. The molecule has 0 aromatic carbocycles. The van der Waals surface area contributed by atoms with Gasteiger partial charge in [-0.15, -0.1) is 12.4 Å². The Bertz CT molecular complexity index is 368. The van der Waals surface area contributed by atoms with Crippen LogP contribution in [0.25, 0.3) is 0 Å². The number of nitrogens with two attached hydrogens (primary N) is 1. The molecule has 0 aromatic heterocycles. The normalized spacial score (nSPS) is 16.8. The second-order valence-corrected chi connectivity index (χ2v) is 5.86. The van der Waals surface area contributed by atoms with Crippen LogP contribution in [0.5, 0.6) is 0 Å². The zero-order chi connectivity index (χ0) is 15.1. The van der Waals surface area contributed by atoms with Crippen LogP contribution in [0, 0.1) is 11.8 Å². The van der Waals surface area contributed by atoms with Crippen LogP contribution in [0.2, 0.25) is 0 Å². The fraction of sp³-hybridized carbons (Fsp3) is 0.786. The number of amides is 2. The summed E-state index contributed by atoms with van der Waals surface area (Å²) in [6, 6.07) is -0.784. The first-order valence-electron chi connectivity index (χ1n) is 7.30. The Morgan fingerprint density at radius 2 is 1.71 bits per heavy atom. The minimum Gasteiger partial charge on any atom is -0.345 e. The highest BCUT2D eigenvalue weighted by Gasteiger charge is 2.30. The van der Waals surface area contributed by atoms with Gasteiger partial charge in [0.05, 0.1) is 6.04 Å². The fourth-order valence-corrected chi connectivity index (χ4v) is 2.59. The zero-order valence-corrected chi connectivity index (χ0v) is 13.5. The van der Waals surface area contributed by atoms with Gasteiger partial charge in [-0.1, -0.05) is 33.1 Å². The molecule has 0 heterocycles. The summed E-state index contributed by atoms with van der Waals surface area (Å²) in [7, 11) is 0. The lowest BCUT2D eigenvalue weighted by atomic mass is 9.88. The third-order valence-electron chi connectivity index (χ3n) is 3.67. The van der Waals surface area contributed by atoms with Crippen molar-refractivity contribution in [3.8, 4) is 0 Å². The Balaban J connectivity index is 0.00000400. The van der Waals surface area contributed by atoms with E-state index in [4.69, 9.17) is 5.84 Å². The van der Waals surface area contributed by atoms with E-state index in [1.807, 2.05) is 19.3 Å². The topological polar surface area (TPSA) is 101 Å². The van der Waals surface area contributed by atoms with E-state index in [-0.39, 0.29) is 30.2 Å². The maximum absolute atomic E-state index is 12.2. The summed E-state index contributed by atoms with van der Waals surface area (Å²) in [5.41, 5.74) is 1.83. The van der Waals surface area contributed by atoms with Gasteiger partial charge in [0, 0.05) is 5.92 Å². The van der Waals surface area contributed by atoms with Crippen molar-refractivity contribution < 1.29 is 14.4 Å². The van der Waals surface area contributed by atoms with Crippen molar-refractivity contribution in [1.82, 2.24) is 10.7 Å². The Hall–Kier alpha value is -1.14. The number of rotatable bonds is 6. The predicted octanol–water partition coefficient (Wildman–Crippen LogP) is 1.08. The van der Waals surface area contributed by atoms with Crippen LogP contribution < -0.4 is 16.6 Å². The number of halogens is 1. The summed E-state index contributed by atoms with van der Waals surface area (Å²) in [4.78, 5) is 35.5. The molecule has 0 bridgehead atoms. The van der Waals surface area contributed by atoms with E-state index in [1.54, 1.807) is 0 Å². The van der Waals surface area contributed by atoms with Gasteiger partial charge in [0.15, 0.2) is 0 Å². The molecule has 1 rings (SSSR count). The van der Waals surface area contributed by atoms with Crippen LogP contribution in [0.1, 0.15) is 52.4 Å². The standard InChI is InChI=1S/C14H25N3O3.ClH/c1-9(2)8-11(12(18)14(20)17-15)16-13(19)10-6-4-3-5-7-10;/h9-11H,3-8,15H2,1-2H3,(H,16,19)(H,17,20);1H. The molecular weight excluding hydrogens is 294 g/mol. The van der Waals surface area contributed by atoms with Gasteiger partial charge in [-0.05, 0) is 25.2 Å². The van der Waals surface area contributed by atoms with Gasteiger partial charge in [-0.25, -0.2) is 5.84 Å². The summed E-state index contributed by atoms with van der Waals surface area (Å²) in [5.74, 6) is 3.49. The van der Waals surface area contributed by atoms with E-state index < -0.39 is 17.7 Å². The molecule has 0 aliphatic heterocycles. The summed E-state index contributed by atoms with van der Waals surface area (Å²) in [6.45, 7) is 3.88. The van der Waals surface area contributed by atoms with Crippen LogP contribution in [-0.2, 0) is 14.4 Å². The quantitative estimate of drug-likeness (QED) is 0.295. The summed E-state index contributed by atoms with van der Waals surface area (Å²) in [5, 5.41) is 2.73. The lowest BCUT2D eigenvalue weighted by Crippen LogP contribution is -2.51. The molecular formula is C14H26ClN3O3. The molecule has 7 heteroatoms. The molecule has 6 nitrogen and oxygen atoms in total. The molecule has 21 heavy (non-hydrogen) atoms. The molecule has 0 aromatic rings. The third kappa shape index (κ3) is 6.44. The van der Waals surface area contributed by atoms with Gasteiger partial charge in [0.1, 0.15) is 0 Å². The minimum absolute atomic E-state index is 0. The van der Waals surface area contributed by atoms with Crippen molar-refractivity contribution in [3.05, 3.63) is 0 Å². The Labute approximate surface area is 132 Å². The van der Waals surface area contributed by atoms with Crippen molar-refractivity contribution in [1.29, 1.82) is 0 Å². The summed E-state index contributed by atoms with van der Waals surface area (Å²) < 4.78 is 0. The third-order valence-corrected chi connectivity index (χ3v) is 3.67. The molecule has 1 atom stereocenters. The maximum atomic E-state index is 12.2. The highest BCUT2D eigenvalue weighted by Crippen LogP contribution is 2.24. The SMILES string of the molecule is CC(C)CC(NC(=O)C1CCCCC1)C(=O)C(=O)NN.Cl. The summed E-state index contributed by atoms with van der Waals surface area (Å²) >= 11 is 0. The van der Waals surface area contributed by atoms with Crippen LogP contribution in [0.15, 0.2) is 0 Å². The summed E-state index contributed by atoms with van der Waals surface area (Å²) in [6.07, 6.45) is 5.40. The van der Waals surface area contributed by atoms with E-state index in [1.165, 1.54) is 0 Å². The first-order chi connectivity index (χ1) is 9.45. The molecule has 1 aliphatic carbocycles. The Morgan fingerprint density at radius 3 is 2.19 bits per heavy atom.